The normalized spacial score (nSPS) is 9.69. The van der Waals surface area contributed by atoms with Crippen molar-refractivity contribution < 1.29 is 9.53 Å². The van der Waals surface area contributed by atoms with E-state index in [1.165, 1.54) is 4.90 Å². The molecule has 0 aliphatic heterocycles. The van der Waals surface area contributed by atoms with E-state index in [0.29, 0.717) is 12.2 Å². The minimum absolute atomic E-state index is 0.452. The first-order chi connectivity index (χ1) is 6.31. The molecule has 0 N–H and O–H groups in total. The van der Waals surface area contributed by atoms with Crippen LogP contribution in [0.4, 0.5) is 0 Å². The predicted molar refractivity (Wildman–Crippen MR) is 56.7 cm³/mol. The summed E-state index contributed by atoms with van der Waals surface area (Å²) in [6.07, 6.45) is 3.97. The first-order valence-electron chi connectivity index (χ1n) is 3.64. The van der Waals surface area contributed by atoms with Crippen LogP contribution in [0.5, 0.6) is 5.75 Å². The van der Waals surface area contributed by atoms with Crippen molar-refractivity contribution in [3.05, 3.63) is 18.2 Å². The molecule has 0 atom stereocenters. The third kappa shape index (κ3) is 2.67. The maximum atomic E-state index is 10.2. The fourth-order valence-corrected chi connectivity index (χ4v) is 2.00. The van der Waals surface area contributed by atoms with Crippen molar-refractivity contribution in [2.45, 2.75) is 9.79 Å². The van der Waals surface area contributed by atoms with Gasteiger partial charge in [0.15, 0.2) is 0 Å². The molecule has 0 radical (unpaired) electrons. The van der Waals surface area contributed by atoms with E-state index < -0.39 is 0 Å². The molecule has 0 bridgehead atoms. The number of benzene rings is 1. The van der Waals surface area contributed by atoms with Gasteiger partial charge in [-0.3, -0.25) is 4.79 Å². The Labute approximate surface area is 86.0 Å². The van der Waals surface area contributed by atoms with Gasteiger partial charge in [-0.05, 0) is 30.7 Å². The van der Waals surface area contributed by atoms with E-state index in [2.05, 4.69) is 0 Å². The molecule has 0 heterocycles. The number of thioether (sulfide) groups is 2. The van der Waals surface area contributed by atoms with Gasteiger partial charge in [0, 0.05) is 4.90 Å². The fraction of sp³-hybridized carbons (Fsp3) is 0.222. The quantitative estimate of drug-likeness (QED) is 0.568. The van der Waals surface area contributed by atoms with Gasteiger partial charge in [0.05, 0.1) is 4.90 Å². The molecule has 2 nitrogen and oxygen atoms in total. The molecule has 1 rings (SSSR count). The number of hydrogen-bond acceptors (Lipinski definition) is 4. The Morgan fingerprint density at radius 1 is 1.31 bits per heavy atom. The number of hydrogen-bond donors (Lipinski definition) is 0. The van der Waals surface area contributed by atoms with E-state index in [1.54, 1.807) is 23.5 Å². The van der Waals surface area contributed by atoms with Gasteiger partial charge in [0.25, 0.3) is 6.47 Å². The minimum Gasteiger partial charge on any atom is -0.428 e. The molecule has 0 amide bonds. The molecule has 13 heavy (non-hydrogen) atoms. The minimum atomic E-state index is 0.452. The van der Waals surface area contributed by atoms with Gasteiger partial charge in [-0.25, -0.2) is 0 Å². The lowest BCUT2D eigenvalue weighted by Crippen LogP contribution is -1.90. The summed E-state index contributed by atoms with van der Waals surface area (Å²) >= 11 is 3.24. The van der Waals surface area contributed by atoms with Crippen molar-refractivity contribution in [1.29, 1.82) is 0 Å². The van der Waals surface area contributed by atoms with Gasteiger partial charge in [0.2, 0.25) is 0 Å². The summed E-state index contributed by atoms with van der Waals surface area (Å²) in [5.41, 5.74) is 0. The average Bonchev–Trinajstić information content (AvgIpc) is 2.19. The van der Waals surface area contributed by atoms with Crippen LogP contribution in [0.3, 0.4) is 0 Å². The second kappa shape index (κ2) is 5.19. The van der Waals surface area contributed by atoms with Gasteiger partial charge >= 0.3 is 0 Å². The van der Waals surface area contributed by atoms with E-state index >= 15 is 0 Å². The zero-order valence-electron chi connectivity index (χ0n) is 7.44. The summed E-state index contributed by atoms with van der Waals surface area (Å²) in [7, 11) is 0. The lowest BCUT2D eigenvalue weighted by Gasteiger charge is -2.05. The van der Waals surface area contributed by atoms with Crippen LogP contribution in [0, 0.1) is 0 Å². The van der Waals surface area contributed by atoms with Crippen LogP contribution < -0.4 is 4.74 Å². The highest BCUT2D eigenvalue weighted by atomic mass is 32.2. The van der Waals surface area contributed by atoms with E-state index in [9.17, 15) is 4.79 Å². The van der Waals surface area contributed by atoms with Crippen molar-refractivity contribution >= 4 is 30.0 Å². The van der Waals surface area contributed by atoms with Crippen LogP contribution in [0.25, 0.3) is 0 Å². The van der Waals surface area contributed by atoms with Crippen LogP contribution in [0.2, 0.25) is 0 Å². The highest BCUT2D eigenvalue weighted by Crippen LogP contribution is 2.31. The number of ether oxygens (including phenoxy) is 1. The standard InChI is InChI=1S/C9H10O2S2/c1-12-7-3-4-8(11-6-10)9(5-7)13-2/h3-6H,1-2H3. The summed E-state index contributed by atoms with van der Waals surface area (Å²) in [5, 5.41) is 0. The molecule has 0 aliphatic rings. The predicted octanol–water partition coefficient (Wildman–Crippen LogP) is 2.67. The molecule has 0 aromatic heterocycles. The second-order valence-corrected chi connectivity index (χ2v) is 3.96. The molecule has 0 aliphatic carbocycles. The van der Waals surface area contributed by atoms with E-state index in [1.807, 2.05) is 30.7 Å². The van der Waals surface area contributed by atoms with E-state index in [4.69, 9.17) is 4.74 Å². The average molecular weight is 214 g/mol. The Morgan fingerprint density at radius 2 is 2.08 bits per heavy atom. The van der Waals surface area contributed by atoms with Crippen molar-refractivity contribution in [2.75, 3.05) is 12.5 Å². The highest BCUT2D eigenvalue weighted by Gasteiger charge is 2.03. The molecular formula is C9H10O2S2. The van der Waals surface area contributed by atoms with Gasteiger partial charge in [-0.2, -0.15) is 0 Å². The Morgan fingerprint density at radius 3 is 2.62 bits per heavy atom. The lowest BCUT2D eigenvalue weighted by atomic mass is 10.3. The summed E-state index contributed by atoms with van der Waals surface area (Å²) < 4.78 is 4.82. The van der Waals surface area contributed by atoms with Crippen LogP contribution in [-0.2, 0) is 4.79 Å². The molecule has 0 spiro atoms. The van der Waals surface area contributed by atoms with Crippen LogP contribution in [-0.4, -0.2) is 19.0 Å². The molecule has 1 aromatic carbocycles. The summed E-state index contributed by atoms with van der Waals surface area (Å²) in [4.78, 5) is 12.3. The van der Waals surface area contributed by atoms with Gasteiger partial charge in [-0.15, -0.1) is 23.5 Å². The second-order valence-electron chi connectivity index (χ2n) is 2.23. The fourth-order valence-electron chi connectivity index (χ4n) is 0.924. The maximum absolute atomic E-state index is 10.2. The molecule has 0 saturated heterocycles. The Bertz CT molecular complexity index is 300. The third-order valence-corrected chi connectivity index (χ3v) is 3.03. The van der Waals surface area contributed by atoms with Crippen molar-refractivity contribution in [3.63, 3.8) is 0 Å². The zero-order chi connectivity index (χ0) is 9.68. The lowest BCUT2D eigenvalue weighted by molar-refractivity contribution is -0.120. The van der Waals surface area contributed by atoms with Crippen molar-refractivity contribution in [1.82, 2.24) is 0 Å². The Balaban J connectivity index is 3.00. The van der Waals surface area contributed by atoms with Crippen LogP contribution >= 0.6 is 23.5 Å². The first kappa shape index (κ1) is 10.5. The molecule has 1 aromatic rings. The van der Waals surface area contributed by atoms with E-state index in [-0.39, 0.29) is 0 Å². The zero-order valence-corrected chi connectivity index (χ0v) is 9.08. The van der Waals surface area contributed by atoms with Crippen LogP contribution in [0.15, 0.2) is 28.0 Å². The summed E-state index contributed by atoms with van der Waals surface area (Å²) in [6, 6.07) is 5.75. The first-order valence-corrected chi connectivity index (χ1v) is 6.09. The van der Waals surface area contributed by atoms with Crippen molar-refractivity contribution in [2.24, 2.45) is 0 Å². The monoisotopic (exact) mass is 214 g/mol. The maximum Gasteiger partial charge on any atom is 0.298 e. The smallest absolute Gasteiger partial charge is 0.298 e. The summed E-state index contributed by atoms with van der Waals surface area (Å²) in [6.45, 7) is 0.452. The van der Waals surface area contributed by atoms with Gasteiger partial charge < -0.3 is 4.74 Å². The number of carbonyl (C=O) groups is 1. The Hall–Kier alpha value is -0.610. The number of rotatable bonds is 4. The Kier molecular flexibility index (Phi) is 4.18. The molecule has 0 unspecified atom stereocenters. The molecule has 4 heteroatoms. The summed E-state index contributed by atoms with van der Waals surface area (Å²) in [5.74, 6) is 0.625. The van der Waals surface area contributed by atoms with Gasteiger partial charge in [0.1, 0.15) is 5.75 Å². The number of carbonyl (C=O) groups excluding carboxylic acids is 1. The van der Waals surface area contributed by atoms with Crippen LogP contribution in [0.1, 0.15) is 0 Å². The molecular weight excluding hydrogens is 204 g/mol. The van der Waals surface area contributed by atoms with E-state index in [0.717, 1.165) is 4.90 Å². The highest BCUT2D eigenvalue weighted by molar-refractivity contribution is 7.99. The van der Waals surface area contributed by atoms with Crippen molar-refractivity contribution in [3.8, 4) is 5.75 Å². The molecule has 0 fully saturated rings. The molecule has 0 saturated carbocycles. The SMILES string of the molecule is CSc1ccc(OC=O)c(SC)c1. The largest absolute Gasteiger partial charge is 0.428 e. The molecule has 70 valence electrons. The van der Waals surface area contributed by atoms with Gasteiger partial charge in [-0.1, -0.05) is 0 Å². The third-order valence-electron chi connectivity index (χ3n) is 1.55. The topological polar surface area (TPSA) is 26.3 Å².